The number of aliphatic hydroxyl groups is 1. The maximum atomic E-state index is 9.55. The highest BCUT2D eigenvalue weighted by atomic mass is 16.3. The van der Waals surface area contributed by atoms with Gasteiger partial charge in [-0.25, -0.2) is 0 Å². The fourth-order valence-corrected chi connectivity index (χ4v) is 3.30. The second-order valence-corrected chi connectivity index (χ2v) is 4.53. The molecule has 0 aliphatic carbocycles. The highest BCUT2D eigenvalue weighted by Crippen LogP contribution is 2.50. The van der Waals surface area contributed by atoms with E-state index in [4.69, 9.17) is 0 Å². The van der Waals surface area contributed by atoms with Crippen LogP contribution in [0.25, 0.3) is 0 Å². The molecule has 1 spiro atoms. The van der Waals surface area contributed by atoms with Crippen LogP contribution in [0.2, 0.25) is 0 Å². The van der Waals surface area contributed by atoms with Crippen molar-refractivity contribution in [1.29, 1.82) is 0 Å². The van der Waals surface area contributed by atoms with Crippen molar-refractivity contribution in [1.82, 2.24) is 9.80 Å². The molecule has 0 amide bonds. The molecule has 68 valence electrons. The van der Waals surface area contributed by atoms with E-state index in [0.29, 0.717) is 5.66 Å². The van der Waals surface area contributed by atoms with Crippen LogP contribution in [0.1, 0.15) is 13.3 Å². The monoisotopic (exact) mass is 168 g/mol. The topological polar surface area (TPSA) is 26.7 Å². The van der Waals surface area contributed by atoms with Gasteiger partial charge in [0.05, 0.1) is 11.8 Å². The summed E-state index contributed by atoms with van der Waals surface area (Å²) in [5.41, 5.74) is 0.402. The summed E-state index contributed by atoms with van der Waals surface area (Å²) in [6.45, 7) is 6.52. The van der Waals surface area contributed by atoms with Gasteiger partial charge in [0, 0.05) is 32.1 Å². The first kappa shape index (κ1) is 7.30. The van der Waals surface area contributed by atoms with Crippen LogP contribution in [0.15, 0.2) is 0 Å². The Morgan fingerprint density at radius 2 is 2.00 bits per heavy atom. The third kappa shape index (κ3) is 0.605. The lowest BCUT2D eigenvalue weighted by Gasteiger charge is -2.71. The largest absolute Gasteiger partial charge is 0.390 e. The highest BCUT2D eigenvalue weighted by molar-refractivity contribution is 5.13. The molecule has 0 aromatic heterocycles. The Kier molecular flexibility index (Phi) is 1.23. The summed E-state index contributed by atoms with van der Waals surface area (Å²) in [6.07, 6.45) is 1.21. The molecule has 3 aliphatic rings. The van der Waals surface area contributed by atoms with Gasteiger partial charge in [-0.05, 0) is 6.42 Å². The Morgan fingerprint density at radius 1 is 1.25 bits per heavy atom. The molecule has 0 aromatic rings. The fourth-order valence-electron chi connectivity index (χ4n) is 3.30. The van der Waals surface area contributed by atoms with Gasteiger partial charge in [-0.2, -0.15) is 0 Å². The van der Waals surface area contributed by atoms with E-state index in [1.165, 1.54) is 19.5 Å². The molecule has 1 N–H and O–H groups in total. The molecule has 3 heterocycles. The fraction of sp³-hybridized carbons (Fsp3) is 1.00. The summed E-state index contributed by atoms with van der Waals surface area (Å²) in [7, 11) is 0. The molecule has 3 aliphatic heterocycles. The van der Waals surface area contributed by atoms with E-state index in [-0.39, 0.29) is 6.10 Å². The van der Waals surface area contributed by atoms with Crippen molar-refractivity contribution in [2.24, 2.45) is 5.92 Å². The number of aliphatic hydroxyl groups excluding tert-OH is 1. The quantitative estimate of drug-likeness (QED) is 0.538. The van der Waals surface area contributed by atoms with Crippen molar-refractivity contribution >= 4 is 0 Å². The van der Waals surface area contributed by atoms with Crippen molar-refractivity contribution in [3.63, 3.8) is 0 Å². The molecule has 0 aromatic carbocycles. The van der Waals surface area contributed by atoms with Crippen molar-refractivity contribution in [2.75, 3.05) is 26.2 Å². The molecule has 0 saturated carbocycles. The minimum absolute atomic E-state index is 0.106. The molecule has 3 heteroatoms. The van der Waals surface area contributed by atoms with Crippen LogP contribution in [0, 0.1) is 5.92 Å². The predicted molar refractivity (Wildman–Crippen MR) is 45.7 cm³/mol. The zero-order valence-electron chi connectivity index (χ0n) is 7.53. The maximum Gasteiger partial charge on any atom is 0.0795 e. The van der Waals surface area contributed by atoms with Crippen LogP contribution in [-0.4, -0.2) is 52.9 Å². The number of nitrogens with zero attached hydrogens (tertiary/aromatic N) is 2. The van der Waals surface area contributed by atoms with Crippen LogP contribution in [0.4, 0.5) is 0 Å². The Bertz CT molecular complexity index is 211. The average molecular weight is 168 g/mol. The van der Waals surface area contributed by atoms with Crippen LogP contribution in [-0.2, 0) is 0 Å². The third-order valence-electron chi connectivity index (χ3n) is 3.99. The van der Waals surface area contributed by atoms with E-state index in [9.17, 15) is 5.11 Å². The molecule has 3 unspecified atom stereocenters. The Balaban J connectivity index is 1.86. The third-order valence-corrected chi connectivity index (χ3v) is 3.99. The van der Waals surface area contributed by atoms with E-state index in [2.05, 4.69) is 16.7 Å². The minimum atomic E-state index is -0.106. The van der Waals surface area contributed by atoms with Gasteiger partial charge >= 0.3 is 0 Å². The maximum absolute atomic E-state index is 9.55. The Morgan fingerprint density at radius 3 is 2.50 bits per heavy atom. The van der Waals surface area contributed by atoms with Crippen LogP contribution in [0.3, 0.4) is 0 Å². The normalized spacial score (nSPS) is 53.5. The Labute approximate surface area is 73.0 Å². The van der Waals surface area contributed by atoms with Gasteiger partial charge in [0.2, 0.25) is 0 Å². The molecule has 3 saturated heterocycles. The van der Waals surface area contributed by atoms with Gasteiger partial charge in [-0.15, -0.1) is 0 Å². The summed E-state index contributed by atoms with van der Waals surface area (Å²) in [5.74, 6) is 0.818. The van der Waals surface area contributed by atoms with Gasteiger partial charge in [-0.3, -0.25) is 9.80 Å². The SMILES string of the molecule is CC1CN2CC(O)CN3CCC132. The second-order valence-electron chi connectivity index (χ2n) is 4.53. The van der Waals surface area contributed by atoms with E-state index in [1.54, 1.807) is 0 Å². The average Bonchev–Trinajstić information content (AvgIpc) is 1.95. The molecule has 3 rings (SSSR count). The van der Waals surface area contributed by atoms with Crippen molar-refractivity contribution < 1.29 is 5.11 Å². The first-order valence-electron chi connectivity index (χ1n) is 4.91. The summed E-state index contributed by atoms with van der Waals surface area (Å²) < 4.78 is 0. The molecule has 3 atom stereocenters. The zero-order chi connectivity index (χ0) is 8.34. The lowest BCUT2D eigenvalue weighted by Crippen LogP contribution is -2.84. The van der Waals surface area contributed by atoms with Crippen LogP contribution >= 0.6 is 0 Å². The second kappa shape index (κ2) is 2.03. The molecule has 3 fully saturated rings. The Hall–Kier alpha value is -0.120. The number of hydrogen-bond donors (Lipinski definition) is 1. The van der Waals surface area contributed by atoms with E-state index >= 15 is 0 Å². The molecular formula is C9H16N2O. The first-order chi connectivity index (χ1) is 5.73. The van der Waals surface area contributed by atoms with Crippen LogP contribution < -0.4 is 0 Å². The number of hydrogen-bond acceptors (Lipinski definition) is 3. The van der Waals surface area contributed by atoms with Crippen molar-refractivity contribution in [2.45, 2.75) is 25.1 Å². The molecule has 0 bridgehead atoms. The van der Waals surface area contributed by atoms with Gasteiger partial charge in [0.1, 0.15) is 0 Å². The van der Waals surface area contributed by atoms with Gasteiger partial charge < -0.3 is 5.11 Å². The molecule has 3 nitrogen and oxygen atoms in total. The van der Waals surface area contributed by atoms with Crippen molar-refractivity contribution in [3.05, 3.63) is 0 Å². The number of rotatable bonds is 0. The van der Waals surface area contributed by atoms with E-state index < -0.39 is 0 Å². The van der Waals surface area contributed by atoms with E-state index in [0.717, 1.165) is 19.0 Å². The molecule has 0 radical (unpaired) electrons. The van der Waals surface area contributed by atoms with Crippen molar-refractivity contribution in [3.8, 4) is 0 Å². The van der Waals surface area contributed by atoms with Gasteiger partial charge in [-0.1, -0.05) is 6.92 Å². The molecule has 12 heavy (non-hydrogen) atoms. The summed E-state index contributed by atoms with van der Waals surface area (Å²) >= 11 is 0. The van der Waals surface area contributed by atoms with Crippen LogP contribution in [0.5, 0.6) is 0 Å². The molecular weight excluding hydrogens is 152 g/mol. The lowest BCUT2D eigenvalue weighted by molar-refractivity contribution is -0.275. The standard InChI is InChI=1S/C9H16N2O/c1-7-4-11-6-8(12)5-10-3-2-9(7,10)11/h7-8,12H,2-6H2,1H3. The lowest BCUT2D eigenvalue weighted by atomic mass is 9.71. The summed E-state index contributed by atoms with van der Waals surface area (Å²) in [6, 6.07) is 0. The zero-order valence-corrected chi connectivity index (χ0v) is 7.53. The summed E-state index contributed by atoms with van der Waals surface area (Å²) in [4.78, 5) is 4.91. The summed E-state index contributed by atoms with van der Waals surface area (Å²) in [5, 5.41) is 9.55. The van der Waals surface area contributed by atoms with E-state index in [1.807, 2.05) is 0 Å². The smallest absolute Gasteiger partial charge is 0.0795 e. The minimum Gasteiger partial charge on any atom is -0.390 e. The van der Waals surface area contributed by atoms with Gasteiger partial charge in [0.15, 0.2) is 0 Å². The predicted octanol–water partition coefficient (Wildman–Crippen LogP) is -0.285. The van der Waals surface area contributed by atoms with Gasteiger partial charge in [0.25, 0.3) is 0 Å². The highest BCUT2D eigenvalue weighted by Gasteiger charge is 2.62. The first-order valence-corrected chi connectivity index (χ1v) is 4.91.